The molecule has 1 amide bonds. The van der Waals surface area contributed by atoms with Crippen LogP contribution < -0.4 is 21.5 Å². The third-order valence-corrected chi connectivity index (χ3v) is 3.99. The molecule has 1 aromatic heterocycles. The van der Waals surface area contributed by atoms with Crippen LogP contribution >= 0.6 is 0 Å². The van der Waals surface area contributed by atoms with Crippen molar-refractivity contribution in [3.05, 3.63) is 59.7 Å². The Balaban J connectivity index is 1.83. The number of aromatic nitrogens is 2. The summed E-state index contributed by atoms with van der Waals surface area (Å²) in [7, 11) is 0. The molecule has 0 aliphatic carbocycles. The number of nitrogens with zero attached hydrogens (tertiary/aromatic N) is 3. The van der Waals surface area contributed by atoms with Crippen molar-refractivity contribution in [3.63, 3.8) is 0 Å². The number of nitrogens with one attached hydrogen (secondary N) is 1. The number of aryl methyl sites for hydroxylation is 1. The molecule has 0 atom stereocenters. The monoisotopic (exact) mass is 374 g/mol. The molecule has 0 aliphatic rings. The number of ether oxygens (including phenoxy) is 1. The molecule has 0 fully saturated rings. The Bertz CT molecular complexity index is 1070. The maximum atomic E-state index is 12.3. The van der Waals surface area contributed by atoms with Gasteiger partial charge >= 0.3 is 0 Å². The highest BCUT2D eigenvalue weighted by Gasteiger charge is 2.17. The number of nitriles is 1. The summed E-state index contributed by atoms with van der Waals surface area (Å²) in [6.07, 6.45) is 0. The Morgan fingerprint density at radius 2 is 1.86 bits per heavy atom. The van der Waals surface area contributed by atoms with Gasteiger partial charge in [-0.1, -0.05) is 30.3 Å². The molecule has 0 saturated carbocycles. The Morgan fingerprint density at radius 3 is 2.61 bits per heavy atom. The maximum absolute atomic E-state index is 12.3. The lowest BCUT2D eigenvalue weighted by atomic mass is 10.1. The van der Waals surface area contributed by atoms with E-state index in [9.17, 15) is 10.1 Å². The van der Waals surface area contributed by atoms with Crippen LogP contribution in [0.2, 0.25) is 0 Å². The highest BCUT2D eigenvalue weighted by Crippen LogP contribution is 2.32. The second-order valence-corrected chi connectivity index (χ2v) is 5.95. The van der Waals surface area contributed by atoms with E-state index in [4.69, 9.17) is 16.2 Å². The number of rotatable bonds is 5. The van der Waals surface area contributed by atoms with Crippen molar-refractivity contribution in [1.29, 1.82) is 5.26 Å². The van der Waals surface area contributed by atoms with Crippen molar-refractivity contribution in [1.82, 2.24) is 9.97 Å². The molecule has 2 aromatic carbocycles. The topological polar surface area (TPSA) is 140 Å². The van der Waals surface area contributed by atoms with Gasteiger partial charge in [-0.25, -0.2) is 4.98 Å². The number of carbonyl (C=O) groups is 1. The van der Waals surface area contributed by atoms with E-state index >= 15 is 0 Å². The van der Waals surface area contributed by atoms with Gasteiger partial charge in [0, 0.05) is 11.3 Å². The van der Waals surface area contributed by atoms with Gasteiger partial charge in [0.1, 0.15) is 23.2 Å². The smallest absolute Gasteiger partial charge is 0.262 e. The molecule has 3 aromatic rings. The van der Waals surface area contributed by atoms with Gasteiger partial charge in [0.2, 0.25) is 5.95 Å². The van der Waals surface area contributed by atoms with E-state index in [2.05, 4.69) is 15.3 Å². The number of nitrogens with two attached hydrogens (primary N) is 2. The fraction of sp³-hybridized carbons (Fsp3) is 0.100. The zero-order chi connectivity index (χ0) is 20.1. The Labute approximate surface area is 161 Å². The highest BCUT2D eigenvalue weighted by atomic mass is 16.5. The van der Waals surface area contributed by atoms with E-state index in [1.54, 1.807) is 24.3 Å². The lowest BCUT2D eigenvalue weighted by molar-refractivity contribution is -0.118. The van der Waals surface area contributed by atoms with E-state index in [-0.39, 0.29) is 35.5 Å². The van der Waals surface area contributed by atoms with Gasteiger partial charge in [0.15, 0.2) is 6.61 Å². The maximum Gasteiger partial charge on any atom is 0.262 e. The molecule has 1 heterocycles. The number of benzene rings is 2. The average Bonchev–Trinajstić information content (AvgIpc) is 2.68. The number of amides is 1. The molecule has 28 heavy (non-hydrogen) atoms. The summed E-state index contributed by atoms with van der Waals surface area (Å²) in [5.74, 6) is -0.0153. The minimum atomic E-state index is -0.314. The van der Waals surface area contributed by atoms with Crippen molar-refractivity contribution < 1.29 is 9.53 Å². The first-order chi connectivity index (χ1) is 13.5. The van der Waals surface area contributed by atoms with Gasteiger partial charge < -0.3 is 21.5 Å². The molecule has 0 saturated heterocycles. The lowest BCUT2D eigenvalue weighted by Gasteiger charge is -2.13. The van der Waals surface area contributed by atoms with Crippen LogP contribution in [0.25, 0.3) is 11.3 Å². The third kappa shape index (κ3) is 3.99. The van der Waals surface area contributed by atoms with Crippen molar-refractivity contribution >= 4 is 23.4 Å². The van der Waals surface area contributed by atoms with Crippen molar-refractivity contribution in [2.75, 3.05) is 23.4 Å². The second kappa shape index (κ2) is 8.05. The zero-order valence-corrected chi connectivity index (χ0v) is 15.1. The molecule has 8 nitrogen and oxygen atoms in total. The quantitative estimate of drug-likeness (QED) is 0.623. The molecule has 0 spiro atoms. The highest BCUT2D eigenvalue weighted by molar-refractivity contribution is 5.92. The number of nitrogen functional groups attached to an aromatic ring is 2. The normalized spacial score (nSPS) is 10.1. The van der Waals surface area contributed by atoms with Gasteiger partial charge in [-0.2, -0.15) is 10.2 Å². The molecule has 140 valence electrons. The van der Waals surface area contributed by atoms with Crippen LogP contribution in [0.5, 0.6) is 5.75 Å². The fourth-order valence-electron chi connectivity index (χ4n) is 2.63. The number of para-hydroxylation sites is 2. The number of anilines is 3. The summed E-state index contributed by atoms with van der Waals surface area (Å²) in [6.45, 7) is 1.68. The van der Waals surface area contributed by atoms with Crippen LogP contribution in [-0.2, 0) is 4.79 Å². The molecule has 0 unspecified atom stereocenters. The van der Waals surface area contributed by atoms with Gasteiger partial charge in [0.05, 0.1) is 5.69 Å². The summed E-state index contributed by atoms with van der Waals surface area (Å²) < 4.78 is 5.68. The minimum Gasteiger partial charge on any atom is -0.483 e. The lowest BCUT2D eigenvalue weighted by Crippen LogP contribution is -2.20. The number of hydrogen-bond acceptors (Lipinski definition) is 7. The predicted octanol–water partition coefficient (Wildman–Crippen LogP) is 2.51. The van der Waals surface area contributed by atoms with E-state index in [0.29, 0.717) is 17.0 Å². The van der Waals surface area contributed by atoms with Crippen LogP contribution in [0.15, 0.2) is 48.5 Å². The standard InChI is InChI=1S/C20H18N6O2/c1-12-6-2-4-8-15(12)24-17(27)11-28-16-9-5-3-7-13(16)18-14(10-21)19(22)26-20(23)25-18/h2-9H,11H2,1H3,(H,24,27)(H4,22,23,25,26). The molecule has 0 radical (unpaired) electrons. The summed E-state index contributed by atoms with van der Waals surface area (Å²) in [4.78, 5) is 20.2. The molecule has 0 aliphatic heterocycles. The first-order valence-corrected chi connectivity index (χ1v) is 8.40. The van der Waals surface area contributed by atoms with Gasteiger partial charge in [-0.3, -0.25) is 4.79 Å². The number of carbonyl (C=O) groups excluding carboxylic acids is 1. The summed E-state index contributed by atoms with van der Waals surface area (Å²) in [5, 5.41) is 12.2. The Hall–Kier alpha value is -4.12. The molecule has 5 N–H and O–H groups in total. The van der Waals surface area contributed by atoms with Gasteiger partial charge in [-0.05, 0) is 30.7 Å². The van der Waals surface area contributed by atoms with E-state index in [1.807, 2.05) is 37.3 Å². The summed E-state index contributed by atoms with van der Waals surface area (Å²) >= 11 is 0. The summed E-state index contributed by atoms with van der Waals surface area (Å²) in [6, 6.07) is 16.3. The van der Waals surface area contributed by atoms with Crippen molar-refractivity contribution in [3.8, 4) is 23.1 Å². The van der Waals surface area contributed by atoms with Gasteiger partial charge in [0.25, 0.3) is 5.91 Å². The fourth-order valence-corrected chi connectivity index (χ4v) is 2.63. The van der Waals surface area contributed by atoms with Crippen LogP contribution in [0.3, 0.4) is 0 Å². The Morgan fingerprint density at radius 1 is 1.14 bits per heavy atom. The zero-order valence-electron chi connectivity index (χ0n) is 15.1. The predicted molar refractivity (Wildman–Crippen MR) is 106 cm³/mol. The minimum absolute atomic E-state index is 0.0166. The Kier molecular flexibility index (Phi) is 5.37. The average molecular weight is 374 g/mol. The van der Waals surface area contributed by atoms with E-state index in [0.717, 1.165) is 5.56 Å². The second-order valence-electron chi connectivity index (χ2n) is 5.95. The SMILES string of the molecule is Cc1ccccc1NC(=O)COc1ccccc1-c1nc(N)nc(N)c1C#N. The molecular weight excluding hydrogens is 356 g/mol. The van der Waals surface area contributed by atoms with E-state index in [1.165, 1.54) is 0 Å². The van der Waals surface area contributed by atoms with Crippen LogP contribution in [0.4, 0.5) is 17.5 Å². The largest absolute Gasteiger partial charge is 0.483 e. The van der Waals surface area contributed by atoms with Crippen LogP contribution in [-0.4, -0.2) is 22.5 Å². The molecule has 8 heteroatoms. The summed E-state index contributed by atoms with van der Waals surface area (Å²) in [5.41, 5.74) is 14.0. The number of hydrogen-bond donors (Lipinski definition) is 3. The van der Waals surface area contributed by atoms with E-state index < -0.39 is 0 Å². The first-order valence-electron chi connectivity index (χ1n) is 8.40. The van der Waals surface area contributed by atoms with Gasteiger partial charge in [-0.15, -0.1) is 0 Å². The molecular formula is C20H18N6O2. The van der Waals surface area contributed by atoms with Crippen LogP contribution in [0, 0.1) is 18.3 Å². The van der Waals surface area contributed by atoms with Crippen molar-refractivity contribution in [2.24, 2.45) is 0 Å². The van der Waals surface area contributed by atoms with Crippen molar-refractivity contribution in [2.45, 2.75) is 6.92 Å². The molecule has 0 bridgehead atoms. The first kappa shape index (κ1) is 18.7. The van der Waals surface area contributed by atoms with Crippen LogP contribution in [0.1, 0.15) is 11.1 Å². The molecule has 3 rings (SSSR count). The third-order valence-electron chi connectivity index (χ3n) is 3.99.